The number of nitrogens with one attached hydrogen (secondary N) is 1. The number of rotatable bonds is 6. The molecule has 2 atom stereocenters. The van der Waals surface area contributed by atoms with Gasteiger partial charge in [0.2, 0.25) is 0 Å². The molecule has 1 aliphatic heterocycles. The molecule has 5 nitrogen and oxygen atoms in total. The fraction of sp³-hybridized carbons (Fsp3) is 0.476. The first-order valence-electron chi connectivity index (χ1n) is 9.83. The summed E-state index contributed by atoms with van der Waals surface area (Å²) < 4.78 is 40.6. The highest BCUT2D eigenvalue weighted by Gasteiger charge is 2.32. The summed E-state index contributed by atoms with van der Waals surface area (Å²) in [6.45, 7) is 5.25. The van der Waals surface area contributed by atoms with E-state index in [1.54, 1.807) is 4.90 Å². The maximum absolute atomic E-state index is 12.7. The molecule has 29 heavy (non-hydrogen) atoms. The van der Waals surface area contributed by atoms with Crippen LogP contribution in [0.1, 0.15) is 19.8 Å². The number of benzene rings is 1. The van der Waals surface area contributed by atoms with Gasteiger partial charge in [0.15, 0.2) is 0 Å². The number of nitrogens with zero attached hydrogens (tertiary/aromatic N) is 2. The number of hydrogen-bond donors (Lipinski definition) is 1. The highest BCUT2D eigenvalue weighted by atomic mass is 19.4. The molecule has 0 aromatic heterocycles. The van der Waals surface area contributed by atoms with E-state index in [-0.39, 0.29) is 17.8 Å². The highest BCUT2D eigenvalue weighted by molar-refractivity contribution is 5.89. The minimum atomic E-state index is -4.73. The van der Waals surface area contributed by atoms with Gasteiger partial charge in [0.1, 0.15) is 5.75 Å². The van der Waals surface area contributed by atoms with Crippen molar-refractivity contribution >= 4 is 11.7 Å². The van der Waals surface area contributed by atoms with Crippen molar-refractivity contribution in [3.63, 3.8) is 0 Å². The van der Waals surface area contributed by atoms with Gasteiger partial charge in [-0.3, -0.25) is 0 Å². The Morgan fingerprint density at radius 3 is 2.66 bits per heavy atom. The van der Waals surface area contributed by atoms with E-state index in [0.29, 0.717) is 18.2 Å². The highest BCUT2D eigenvalue weighted by Crippen LogP contribution is 2.25. The van der Waals surface area contributed by atoms with Crippen LogP contribution in [0.5, 0.6) is 5.75 Å². The monoisotopic (exact) mass is 409 g/mol. The van der Waals surface area contributed by atoms with Gasteiger partial charge in [-0.25, -0.2) is 4.79 Å². The van der Waals surface area contributed by atoms with Gasteiger partial charge in [0.25, 0.3) is 0 Å². The Bertz CT molecular complexity index is 747. The van der Waals surface area contributed by atoms with Crippen LogP contribution in [0.2, 0.25) is 0 Å². The van der Waals surface area contributed by atoms with Gasteiger partial charge >= 0.3 is 12.4 Å². The standard InChI is InChI=1S/C21H26F3N3O2/c1-2-27(18-12-13-26(15-18)14-16-6-4-3-5-7-16)20(28)25-17-8-10-19(11-9-17)29-21(22,23)24/h3-6,8-11,16,18H,2,7,12-15H2,1H3,(H,25,28). The Labute approximate surface area is 168 Å². The zero-order chi connectivity index (χ0) is 20.9. The van der Waals surface area contributed by atoms with Crippen LogP contribution < -0.4 is 10.1 Å². The molecule has 1 heterocycles. The third-order valence-electron chi connectivity index (χ3n) is 5.19. The second kappa shape index (κ2) is 9.35. The normalized spacial score (nSPS) is 21.9. The Hall–Kier alpha value is -2.48. The molecule has 158 valence electrons. The summed E-state index contributed by atoms with van der Waals surface area (Å²) >= 11 is 0. The zero-order valence-corrected chi connectivity index (χ0v) is 16.4. The number of likely N-dealkylation sites (N-methyl/N-ethyl adjacent to an activating group) is 1. The van der Waals surface area contributed by atoms with Crippen molar-refractivity contribution in [3.8, 4) is 5.75 Å². The van der Waals surface area contributed by atoms with E-state index < -0.39 is 6.36 Å². The van der Waals surface area contributed by atoms with Gasteiger partial charge in [-0.1, -0.05) is 24.3 Å². The lowest BCUT2D eigenvalue weighted by molar-refractivity contribution is -0.274. The summed E-state index contributed by atoms with van der Waals surface area (Å²) in [6.07, 6.45) is 5.77. The fourth-order valence-electron chi connectivity index (χ4n) is 3.83. The second-order valence-corrected chi connectivity index (χ2v) is 7.30. The van der Waals surface area contributed by atoms with E-state index in [9.17, 15) is 18.0 Å². The molecule has 1 fully saturated rings. The maximum atomic E-state index is 12.7. The topological polar surface area (TPSA) is 44.8 Å². The number of halogens is 3. The van der Waals surface area contributed by atoms with Crippen LogP contribution in [0.3, 0.4) is 0 Å². The van der Waals surface area contributed by atoms with Crippen molar-refractivity contribution < 1.29 is 22.7 Å². The number of amides is 2. The number of ether oxygens (including phenoxy) is 1. The summed E-state index contributed by atoms with van der Waals surface area (Å²) in [5.74, 6) is 0.195. The van der Waals surface area contributed by atoms with Crippen LogP contribution >= 0.6 is 0 Å². The minimum Gasteiger partial charge on any atom is -0.406 e. The molecule has 1 N–H and O–H groups in total. The van der Waals surface area contributed by atoms with Crippen LogP contribution in [0, 0.1) is 5.92 Å². The number of carbonyl (C=O) groups excluding carboxylic acids is 1. The average Bonchev–Trinajstić information content (AvgIpc) is 3.11. The van der Waals surface area contributed by atoms with E-state index in [1.807, 2.05) is 6.92 Å². The largest absolute Gasteiger partial charge is 0.573 e. The molecule has 2 amide bonds. The van der Waals surface area contributed by atoms with E-state index in [0.717, 1.165) is 32.5 Å². The molecule has 1 aromatic carbocycles. The maximum Gasteiger partial charge on any atom is 0.573 e. The Morgan fingerprint density at radius 1 is 1.28 bits per heavy atom. The predicted octanol–water partition coefficient (Wildman–Crippen LogP) is 4.65. The molecule has 3 rings (SSSR count). The first-order chi connectivity index (χ1) is 13.8. The number of likely N-dealkylation sites (tertiary alicyclic amines) is 1. The molecule has 0 radical (unpaired) electrons. The van der Waals surface area contributed by atoms with Crippen LogP contribution in [0.15, 0.2) is 48.6 Å². The van der Waals surface area contributed by atoms with Gasteiger partial charge in [0.05, 0.1) is 0 Å². The van der Waals surface area contributed by atoms with Crippen LogP contribution in [0.25, 0.3) is 0 Å². The third-order valence-corrected chi connectivity index (χ3v) is 5.19. The lowest BCUT2D eigenvalue weighted by atomic mass is 10.0. The van der Waals surface area contributed by atoms with E-state index in [4.69, 9.17) is 0 Å². The molecule has 1 aliphatic carbocycles. The molecule has 2 unspecified atom stereocenters. The van der Waals surface area contributed by atoms with Crippen molar-refractivity contribution in [1.82, 2.24) is 9.80 Å². The third kappa shape index (κ3) is 6.25. The van der Waals surface area contributed by atoms with Crippen LogP contribution in [-0.2, 0) is 0 Å². The second-order valence-electron chi connectivity index (χ2n) is 7.30. The first-order valence-corrected chi connectivity index (χ1v) is 9.83. The van der Waals surface area contributed by atoms with Crippen molar-refractivity contribution in [3.05, 3.63) is 48.6 Å². The summed E-state index contributed by atoms with van der Waals surface area (Å²) in [5.41, 5.74) is 0.428. The summed E-state index contributed by atoms with van der Waals surface area (Å²) in [7, 11) is 0. The molecular weight excluding hydrogens is 383 g/mol. The fourth-order valence-corrected chi connectivity index (χ4v) is 3.83. The molecule has 1 aromatic rings. The zero-order valence-electron chi connectivity index (χ0n) is 16.4. The number of carbonyl (C=O) groups is 1. The minimum absolute atomic E-state index is 0.121. The molecule has 0 spiro atoms. The van der Waals surface area contributed by atoms with Crippen molar-refractivity contribution in [2.24, 2.45) is 5.92 Å². The lowest BCUT2D eigenvalue weighted by Crippen LogP contribution is -2.44. The number of anilines is 1. The van der Waals surface area contributed by atoms with Crippen molar-refractivity contribution in [2.45, 2.75) is 32.2 Å². The van der Waals surface area contributed by atoms with Crippen molar-refractivity contribution in [2.75, 3.05) is 31.5 Å². The molecule has 1 saturated heterocycles. The predicted molar refractivity (Wildman–Crippen MR) is 106 cm³/mol. The van der Waals surface area contributed by atoms with E-state index in [1.165, 1.54) is 24.3 Å². The van der Waals surface area contributed by atoms with Gasteiger partial charge < -0.3 is 19.9 Å². The van der Waals surface area contributed by atoms with Gasteiger partial charge in [-0.15, -0.1) is 13.2 Å². The molecule has 0 saturated carbocycles. The number of allylic oxidation sites excluding steroid dienone is 3. The van der Waals surface area contributed by atoms with Crippen LogP contribution in [-0.4, -0.2) is 54.4 Å². The Balaban J connectivity index is 1.52. The van der Waals surface area contributed by atoms with E-state index in [2.05, 4.69) is 39.3 Å². The molecule has 8 heteroatoms. The molecular formula is C21H26F3N3O2. The molecule has 2 aliphatic rings. The number of urea groups is 1. The summed E-state index contributed by atoms with van der Waals surface area (Å²) in [4.78, 5) is 16.9. The van der Waals surface area contributed by atoms with Crippen molar-refractivity contribution in [1.29, 1.82) is 0 Å². The summed E-state index contributed by atoms with van der Waals surface area (Å²) in [5, 5.41) is 2.77. The SMILES string of the molecule is CCN(C(=O)Nc1ccc(OC(F)(F)F)cc1)C1CCN(CC2C=CC=CC2)C1. The Morgan fingerprint density at radius 2 is 2.03 bits per heavy atom. The van der Waals surface area contributed by atoms with Gasteiger partial charge in [0, 0.05) is 37.9 Å². The van der Waals surface area contributed by atoms with Crippen LogP contribution in [0.4, 0.5) is 23.7 Å². The lowest BCUT2D eigenvalue weighted by Gasteiger charge is -2.29. The molecule has 0 bridgehead atoms. The Kier molecular flexibility index (Phi) is 6.84. The average molecular weight is 409 g/mol. The van der Waals surface area contributed by atoms with E-state index >= 15 is 0 Å². The van der Waals surface area contributed by atoms with Gasteiger partial charge in [-0.05, 0) is 49.9 Å². The smallest absolute Gasteiger partial charge is 0.406 e. The number of alkyl halides is 3. The quantitative estimate of drug-likeness (QED) is 0.744. The first kappa shape index (κ1) is 21.2. The summed E-state index contributed by atoms with van der Waals surface area (Å²) in [6, 6.07) is 5.04. The van der Waals surface area contributed by atoms with Gasteiger partial charge in [-0.2, -0.15) is 0 Å². The number of hydrogen-bond acceptors (Lipinski definition) is 3.